The molecule has 3 N–H and O–H groups in total. The van der Waals surface area contributed by atoms with Crippen molar-refractivity contribution in [3.8, 4) is 5.75 Å². The maximum atomic E-state index is 10.3. The van der Waals surface area contributed by atoms with Crippen molar-refractivity contribution in [2.75, 3.05) is 31.7 Å². The minimum Gasteiger partial charge on any atom is -0.497 e. The van der Waals surface area contributed by atoms with Gasteiger partial charge in [-0.1, -0.05) is 12.1 Å². The number of methoxy groups -OCH3 is 1. The van der Waals surface area contributed by atoms with Gasteiger partial charge >= 0.3 is 0 Å². The van der Waals surface area contributed by atoms with Crippen molar-refractivity contribution < 1.29 is 9.84 Å². The molecule has 0 radical (unpaired) electrons. The van der Waals surface area contributed by atoms with Crippen LogP contribution >= 0.6 is 11.8 Å². The Balaban J connectivity index is 1.95. The maximum absolute atomic E-state index is 10.3. The van der Waals surface area contributed by atoms with Crippen LogP contribution in [0.2, 0.25) is 0 Å². The minimum atomic E-state index is -0.638. The minimum absolute atomic E-state index is 0.322. The van der Waals surface area contributed by atoms with Gasteiger partial charge in [0.05, 0.1) is 19.8 Å². The van der Waals surface area contributed by atoms with Crippen LogP contribution in [0.25, 0.3) is 0 Å². The van der Waals surface area contributed by atoms with Gasteiger partial charge in [-0.25, -0.2) is 0 Å². The second-order valence-corrected chi connectivity index (χ2v) is 6.72. The third-order valence-corrected chi connectivity index (χ3v) is 4.96. The molecule has 1 aliphatic rings. The molecular weight excluding hydrogens is 310 g/mol. The van der Waals surface area contributed by atoms with Crippen molar-refractivity contribution in [2.45, 2.75) is 31.9 Å². The molecule has 0 spiro atoms. The summed E-state index contributed by atoms with van der Waals surface area (Å²) in [6.07, 6.45) is 1.78. The predicted octanol–water partition coefficient (Wildman–Crippen LogP) is 2.18. The molecule has 1 aliphatic heterocycles. The van der Waals surface area contributed by atoms with Crippen molar-refractivity contribution in [3.63, 3.8) is 0 Å². The Morgan fingerprint density at radius 2 is 2.39 bits per heavy atom. The normalized spacial score (nSPS) is 20.0. The van der Waals surface area contributed by atoms with E-state index in [1.807, 2.05) is 43.0 Å². The molecule has 2 rings (SSSR count). The lowest BCUT2D eigenvalue weighted by Gasteiger charge is -2.24. The molecule has 0 saturated carbocycles. The zero-order valence-electron chi connectivity index (χ0n) is 13.9. The van der Waals surface area contributed by atoms with Crippen LogP contribution in [0.1, 0.15) is 31.4 Å². The van der Waals surface area contributed by atoms with Crippen LogP contribution in [-0.2, 0) is 0 Å². The third-order valence-electron chi connectivity index (χ3n) is 3.75. The summed E-state index contributed by atoms with van der Waals surface area (Å²) in [6.45, 7) is 3.18. The molecule has 23 heavy (non-hydrogen) atoms. The SMILES string of the molecule is CCNC(=NCC(O)c1cccc(OC)c1)NC1CCCSC1. The first kappa shape index (κ1) is 17.9. The Bertz CT molecular complexity index is 504. The molecular formula is C17H27N3O2S. The lowest BCUT2D eigenvalue weighted by Crippen LogP contribution is -2.45. The van der Waals surface area contributed by atoms with E-state index in [4.69, 9.17) is 4.74 Å². The molecule has 1 aromatic carbocycles. The Morgan fingerprint density at radius 3 is 3.09 bits per heavy atom. The number of aliphatic imine (C=N–C) groups is 1. The van der Waals surface area contributed by atoms with E-state index >= 15 is 0 Å². The van der Waals surface area contributed by atoms with Crippen molar-refractivity contribution in [3.05, 3.63) is 29.8 Å². The molecule has 128 valence electrons. The quantitative estimate of drug-likeness (QED) is 0.548. The van der Waals surface area contributed by atoms with Gasteiger partial charge in [0.15, 0.2) is 5.96 Å². The molecule has 0 bridgehead atoms. The molecule has 0 aromatic heterocycles. The topological polar surface area (TPSA) is 65.9 Å². The molecule has 1 heterocycles. The highest BCUT2D eigenvalue weighted by molar-refractivity contribution is 7.99. The van der Waals surface area contributed by atoms with Crippen LogP contribution in [0, 0.1) is 0 Å². The molecule has 1 fully saturated rings. The second kappa shape index (κ2) is 9.67. The standard InChI is InChI=1S/C17H27N3O2S/c1-3-18-17(20-14-7-5-9-23-12-14)19-11-16(21)13-6-4-8-15(10-13)22-2/h4,6,8,10,14,16,21H,3,5,7,9,11-12H2,1-2H3,(H2,18,19,20). The van der Waals surface area contributed by atoms with E-state index in [-0.39, 0.29) is 0 Å². The lowest BCUT2D eigenvalue weighted by molar-refractivity contribution is 0.186. The number of nitrogens with zero attached hydrogens (tertiary/aromatic N) is 1. The van der Waals surface area contributed by atoms with E-state index in [2.05, 4.69) is 15.6 Å². The molecule has 6 heteroatoms. The van der Waals surface area contributed by atoms with Crippen LogP contribution < -0.4 is 15.4 Å². The van der Waals surface area contributed by atoms with Gasteiger partial charge in [-0.15, -0.1) is 0 Å². The summed E-state index contributed by atoms with van der Waals surface area (Å²) in [7, 11) is 1.62. The van der Waals surface area contributed by atoms with Gasteiger partial charge in [-0.2, -0.15) is 11.8 Å². The van der Waals surface area contributed by atoms with Gasteiger partial charge in [-0.05, 0) is 43.2 Å². The number of hydrogen-bond acceptors (Lipinski definition) is 4. The van der Waals surface area contributed by atoms with Gasteiger partial charge in [0.2, 0.25) is 0 Å². The number of aliphatic hydroxyl groups is 1. The third kappa shape index (κ3) is 5.95. The van der Waals surface area contributed by atoms with E-state index in [0.717, 1.165) is 29.6 Å². The molecule has 1 saturated heterocycles. The van der Waals surface area contributed by atoms with E-state index in [1.54, 1.807) is 7.11 Å². The molecule has 2 atom stereocenters. The summed E-state index contributed by atoms with van der Waals surface area (Å²) in [6, 6.07) is 7.94. The highest BCUT2D eigenvalue weighted by Crippen LogP contribution is 2.19. The Kier molecular flexibility index (Phi) is 7.55. The fraction of sp³-hybridized carbons (Fsp3) is 0.588. The summed E-state index contributed by atoms with van der Waals surface area (Å²) < 4.78 is 5.20. The summed E-state index contributed by atoms with van der Waals surface area (Å²) in [5.74, 6) is 3.89. The molecule has 1 aromatic rings. The van der Waals surface area contributed by atoms with Crippen LogP contribution in [0.3, 0.4) is 0 Å². The average Bonchev–Trinajstić information content (AvgIpc) is 2.60. The Hall–Kier alpha value is -1.40. The van der Waals surface area contributed by atoms with Gasteiger partial charge in [0.1, 0.15) is 5.75 Å². The number of aliphatic hydroxyl groups excluding tert-OH is 1. The van der Waals surface area contributed by atoms with Crippen molar-refractivity contribution >= 4 is 17.7 Å². The smallest absolute Gasteiger partial charge is 0.191 e. The first-order valence-corrected chi connectivity index (χ1v) is 9.33. The largest absolute Gasteiger partial charge is 0.497 e. The van der Waals surface area contributed by atoms with Gasteiger partial charge in [0, 0.05) is 18.3 Å². The first-order valence-electron chi connectivity index (χ1n) is 8.17. The number of ether oxygens (including phenoxy) is 1. The number of guanidine groups is 1. The average molecular weight is 337 g/mol. The summed E-state index contributed by atoms with van der Waals surface area (Å²) in [5, 5.41) is 17.1. The Labute approximate surface area is 142 Å². The fourth-order valence-electron chi connectivity index (χ4n) is 2.50. The molecule has 2 unspecified atom stereocenters. The number of rotatable bonds is 6. The fourth-order valence-corrected chi connectivity index (χ4v) is 3.57. The van der Waals surface area contributed by atoms with Gasteiger partial charge < -0.3 is 20.5 Å². The highest BCUT2D eigenvalue weighted by Gasteiger charge is 2.15. The highest BCUT2D eigenvalue weighted by atomic mass is 32.2. The van der Waals surface area contributed by atoms with Crippen LogP contribution in [0.15, 0.2) is 29.3 Å². The van der Waals surface area contributed by atoms with Crippen molar-refractivity contribution in [2.24, 2.45) is 4.99 Å². The molecule has 0 aliphatic carbocycles. The van der Waals surface area contributed by atoms with Crippen LogP contribution in [-0.4, -0.2) is 48.8 Å². The number of hydrogen-bond donors (Lipinski definition) is 3. The Morgan fingerprint density at radius 1 is 1.52 bits per heavy atom. The summed E-state index contributed by atoms with van der Waals surface area (Å²) in [5.41, 5.74) is 0.817. The number of thioether (sulfide) groups is 1. The zero-order valence-corrected chi connectivity index (χ0v) is 14.7. The summed E-state index contributed by atoms with van der Waals surface area (Å²) in [4.78, 5) is 4.53. The van der Waals surface area contributed by atoms with E-state index in [9.17, 15) is 5.11 Å². The van der Waals surface area contributed by atoms with E-state index in [1.165, 1.54) is 18.6 Å². The van der Waals surface area contributed by atoms with Gasteiger partial charge in [-0.3, -0.25) is 4.99 Å². The van der Waals surface area contributed by atoms with Crippen molar-refractivity contribution in [1.29, 1.82) is 0 Å². The first-order chi connectivity index (χ1) is 11.2. The van der Waals surface area contributed by atoms with Gasteiger partial charge in [0.25, 0.3) is 0 Å². The second-order valence-electron chi connectivity index (χ2n) is 5.57. The van der Waals surface area contributed by atoms with Crippen LogP contribution in [0.4, 0.5) is 0 Å². The predicted molar refractivity (Wildman–Crippen MR) is 97.4 cm³/mol. The van der Waals surface area contributed by atoms with E-state index < -0.39 is 6.10 Å². The van der Waals surface area contributed by atoms with Crippen molar-refractivity contribution in [1.82, 2.24) is 10.6 Å². The monoisotopic (exact) mass is 337 g/mol. The number of nitrogens with one attached hydrogen (secondary N) is 2. The lowest BCUT2D eigenvalue weighted by atomic mass is 10.1. The van der Waals surface area contributed by atoms with E-state index in [0.29, 0.717) is 12.6 Å². The number of benzene rings is 1. The summed E-state index contributed by atoms with van der Waals surface area (Å²) >= 11 is 1.98. The maximum Gasteiger partial charge on any atom is 0.191 e. The molecule has 5 nitrogen and oxygen atoms in total. The van der Waals surface area contributed by atoms with Crippen LogP contribution in [0.5, 0.6) is 5.75 Å². The zero-order chi connectivity index (χ0) is 16.5. The molecule has 0 amide bonds.